The monoisotopic (exact) mass is 446 g/mol. The highest BCUT2D eigenvalue weighted by Gasteiger charge is 2.40. The lowest BCUT2D eigenvalue weighted by atomic mass is 10.0. The van der Waals surface area contributed by atoms with Gasteiger partial charge in [-0.1, -0.05) is 30.3 Å². The van der Waals surface area contributed by atoms with Gasteiger partial charge in [0.2, 0.25) is 11.0 Å². The Bertz CT molecular complexity index is 831. The Hall–Kier alpha value is -2.07. The average Bonchev–Trinajstić information content (AvgIpc) is 3.45. The standard InChI is InChI=1S/C22H30N4O4S/c1-28-14-13-26(21-23-19(24-31-21)17-18-5-3-2-4-6-18)10-7-20(27)25-11-8-22(9-12-25)29-15-16-30-22/h2-6H,7-17H2,1H3. The first-order valence-corrected chi connectivity index (χ1v) is 11.6. The average molecular weight is 447 g/mol. The Morgan fingerprint density at radius 1 is 1.19 bits per heavy atom. The van der Waals surface area contributed by atoms with Crippen molar-refractivity contribution in [1.29, 1.82) is 0 Å². The summed E-state index contributed by atoms with van der Waals surface area (Å²) in [6.45, 7) is 4.49. The van der Waals surface area contributed by atoms with Crippen LogP contribution in [0.25, 0.3) is 0 Å². The van der Waals surface area contributed by atoms with Crippen molar-refractivity contribution in [2.75, 3.05) is 58.0 Å². The Balaban J connectivity index is 1.31. The van der Waals surface area contributed by atoms with Gasteiger partial charge in [-0.15, -0.1) is 0 Å². The van der Waals surface area contributed by atoms with Gasteiger partial charge in [-0.25, -0.2) is 4.98 Å². The molecule has 2 aliphatic rings. The van der Waals surface area contributed by atoms with E-state index in [4.69, 9.17) is 19.2 Å². The minimum absolute atomic E-state index is 0.157. The highest BCUT2D eigenvalue weighted by molar-refractivity contribution is 7.09. The Labute approximate surface area is 187 Å². The van der Waals surface area contributed by atoms with Gasteiger partial charge in [-0.3, -0.25) is 4.79 Å². The van der Waals surface area contributed by atoms with E-state index in [-0.39, 0.29) is 5.91 Å². The third kappa shape index (κ3) is 5.79. The van der Waals surface area contributed by atoms with Crippen molar-refractivity contribution in [3.63, 3.8) is 0 Å². The van der Waals surface area contributed by atoms with Gasteiger partial charge in [0.15, 0.2) is 5.79 Å². The second kappa shape index (κ2) is 10.5. The van der Waals surface area contributed by atoms with Crippen molar-refractivity contribution in [1.82, 2.24) is 14.3 Å². The zero-order valence-electron chi connectivity index (χ0n) is 18.0. The third-order valence-corrected chi connectivity index (χ3v) is 6.60. The van der Waals surface area contributed by atoms with Gasteiger partial charge in [0.25, 0.3) is 0 Å². The zero-order valence-corrected chi connectivity index (χ0v) is 18.8. The second-order valence-corrected chi connectivity index (χ2v) is 8.60. The highest BCUT2D eigenvalue weighted by Crippen LogP contribution is 2.31. The molecule has 3 heterocycles. The lowest BCUT2D eigenvalue weighted by Gasteiger charge is -2.37. The second-order valence-electron chi connectivity index (χ2n) is 7.87. The van der Waals surface area contributed by atoms with Gasteiger partial charge in [0.05, 0.1) is 19.8 Å². The molecule has 8 nitrogen and oxygen atoms in total. The third-order valence-electron chi connectivity index (χ3n) is 5.79. The molecular weight excluding hydrogens is 416 g/mol. The van der Waals surface area contributed by atoms with E-state index in [2.05, 4.69) is 21.4 Å². The molecule has 2 saturated heterocycles. The summed E-state index contributed by atoms with van der Waals surface area (Å²) in [4.78, 5) is 21.6. The number of aromatic nitrogens is 2. The van der Waals surface area contributed by atoms with Crippen LogP contribution in [0, 0.1) is 0 Å². The van der Waals surface area contributed by atoms with Crippen LogP contribution >= 0.6 is 11.5 Å². The number of likely N-dealkylation sites (tertiary alicyclic amines) is 1. The van der Waals surface area contributed by atoms with Crippen molar-refractivity contribution in [2.24, 2.45) is 0 Å². The molecule has 0 saturated carbocycles. The van der Waals surface area contributed by atoms with E-state index in [1.807, 2.05) is 23.1 Å². The van der Waals surface area contributed by atoms with Gasteiger partial charge in [0.1, 0.15) is 5.82 Å². The summed E-state index contributed by atoms with van der Waals surface area (Å²) in [7, 11) is 1.68. The summed E-state index contributed by atoms with van der Waals surface area (Å²) < 4.78 is 21.3. The van der Waals surface area contributed by atoms with Crippen molar-refractivity contribution >= 4 is 22.6 Å². The maximum atomic E-state index is 12.8. The summed E-state index contributed by atoms with van der Waals surface area (Å²) in [5.74, 6) is 0.505. The number of benzene rings is 1. The first-order valence-electron chi connectivity index (χ1n) is 10.8. The van der Waals surface area contributed by atoms with Crippen LogP contribution in [0.5, 0.6) is 0 Å². The maximum absolute atomic E-state index is 12.8. The fourth-order valence-electron chi connectivity index (χ4n) is 4.00. The van der Waals surface area contributed by atoms with Gasteiger partial charge in [-0.05, 0) is 5.56 Å². The van der Waals surface area contributed by atoms with Crippen molar-refractivity contribution in [3.8, 4) is 0 Å². The predicted octanol–water partition coefficient (Wildman–Crippen LogP) is 2.34. The molecule has 2 fully saturated rings. The molecule has 0 radical (unpaired) electrons. The fourth-order valence-corrected chi connectivity index (χ4v) is 4.74. The molecule has 1 amide bonds. The Morgan fingerprint density at radius 2 is 1.94 bits per heavy atom. The minimum Gasteiger partial charge on any atom is -0.383 e. The predicted molar refractivity (Wildman–Crippen MR) is 118 cm³/mol. The van der Waals surface area contributed by atoms with Crippen LogP contribution < -0.4 is 4.90 Å². The summed E-state index contributed by atoms with van der Waals surface area (Å²) in [6.07, 6.45) is 2.62. The van der Waals surface area contributed by atoms with Crippen LogP contribution in [-0.4, -0.2) is 79.1 Å². The normalized spacial score (nSPS) is 17.9. The molecule has 1 aromatic carbocycles. The number of nitrogens with zero attached hydrogens (tertiary/aromatic N) is 4. The SMILES string of the molecule is COCCN(CCC(=O)N1CCC2(CC1)OCCO2)c1nc(Cc2ccccc2)ns1. The zero-order chi connectivity index (χ0) is 21.5. The molecule has 1 aromatic heterocycles. The largest absolute Gasteiger partial charge is 0.383 e. The van der Waals surface area contributed by atoms with Crippen molar-refractivity contribution in [2.45, 2.75) is 31.5 Å². The lowest BCUT2D eigenvalue weighted by molar-refractivity contribution is -0.187. The molecule has 0 unspecified atom stereocenters. The van der Waals surface area contributed by atoms with Gasteiger partial charge in [-0.2, -0.15) is 4.37 Å². The van der Waals surface area contributed by atoms with Crippen molar-refractivity contribution in [3.05, 3.63) is 41.7 Å². The van der Waals surface area contributed by atoms with Crippen LogP contribution in [0.2, 0.25) is 0 Å². The van der Waals surface area contributed by atoms with Crippen LogP contribution in [0.4, 0.5) is 5.13 Å². The summed E-state index contributed by atoms with van der Waals surface area (Å²) >= 11 is 1.38. The maximum Gasteiger partial charge on any atom is 0.224 e. The number of hydrogen-bond acceptors (Lipinski definition) is 8. The van der Waals surface area contributed by atoms with E-state index in [0.717, 1.165) is 23.8 Å². The number of ether oxygens (including phenoxy) is 3. The summed E-state index contributed by atoms with van der Waals surface area (Å²) in [5.41, 5.74) is 1.18. The molecule has 168 valence electrons. The number of carbonyl (C=O) groups is 1. The lowest BCUT2D eigenvalue weighted by Crippen LogP contribution is -2.47. The van der Waals surface area contributed by atoms with Crippen LogP contribution in [0.15, 0.2) is 30.3 Å². The van der Waals surface area contributed by atoms with Crippen LogP contribution in [-0.2, 0) is 25.4 Å². The molecule has 0 N–H and O–H groups in total. The Kier molecular flexibility index (Phi) is 7.49. The first kappa shape index (κ1) is 22.1. The van der Waals surface area contributed by atoms with Crippen LogP contribution in [0.1, 0.15) is 30.7 Å². The number of methoxy groups -OCH3 is 1. The number of piperidine rings is 1. The number of anilines is 1. The quantitative estimate of drug-likeness (QED) is 0.585. The number of hydrogen-bond donors (Lipinski definition) is 0. The van der Waals surface area contributed by atoms with Crippen LogP contribution in [0.3, 0.4) is 0 Å². The highest BCUT2D eigenvalue weighted by atomic mass is 32.1. The van der Waals surface area contributed by atoms with E-state index in [1.165, 1.54) is 17.1 Å². The molecule has 4 rings (SSSR count). The smallest absolute Gasteiger partial charge is 0.224 e. The molecule has 0 atom stereocenters. The first-order chi connectivity index (χ1) is 15.2. The van der Waals surface area contributed by atoms with Gasteiger partial charge in [0, 0.05) is 70.5 Å². The number of amides is 1. The van der Waals surface area contributed by atoms with E-state index < -0.39 is 5.79 Å². The number of rotatable bonds is 9. The van der Waals surface area contributed by atoms with E-state index >= 15 is 0 Å². The summed E-state index contributed by atoms with van der Waals surface area (Å²) in [5, 5.41) is 0.834. The molecule has 0 aliphatic carbocycles. The van der Waals surface area contributed by atoms with E-state index in [1.54, 1.807) is 7.11 Å². The van der Waals surface area contributed by atoms with Crippen molar-refractivity contribution < 1.29 is 19.0 Å². The van der Waals surface area contributed by atoms with Gasteiger partial charge < -0.3 is 24.0 Å². The molecule has 2 aliphatic heterocycles. The van der Waals surface area contributed by atoms with E-state index in [9.17, 15) is 4.79 Å². The van der Waals surface area contributed by atoms with E-state index in [0.29, 0.717) is 58.8 Å². The molecule has 31 heavy (non-hydrogen) atoms. The fraction of sp³-hybridized carbons (Fsp3) is 0.591. The number of carbonyl (C=O) groups excluding carboxylic acids is 1. The molecular formula is C22H30N4O4S. The summed E-state index contributed by atoms with van der Waals surface area (Å²) in [6, 6.07) is 10.2. The minimum atomic E-state index is -0.455. The molecule has 1 spiro atoms. The topological polar surface area (TPSA) is 77.0 Å². The Morgan fingerprint density at radius 3 is 2.65 bits per heavy atom. The molecule has 0 bridgehead atoms. The molecule has 9 heteroatoms. The molecule has 2 aromatic rings. The van der Waals surface area contributed by atoms with Gasteiger partial charge >= 0.3 is 0 Å².